The van der Waals surface area contributed by atoms with Crippen molar-refractivity contribution in [1.82, 2.24) is 20.2 Å². The second-order valence-corrected chi connectivity index (χ2v) is 7.62. The van der Waals surface area contributed by atoms with E-state index in [0.29, 0.717) is 17.9 Å². The van der Waals surface area contributed by atoms with Crippen molar-refractivity contribution in [3.63, 3.8) is 0 Å². The number of carbonyl (C=O) groups excluding carboxylic acids is 1. The zero-order chi connectivity index (χ0) is 19.2. The Morgan fingerprint density at radius 1 is 1.31 bits per heavy atom. The van der Waals surface area contributed by atoms with Crippen molar-refractivity contribution in [2.75, 3.05) is 32.3 Å². The molecule has 10 heteroatoms. The van der Waals surface area contributed by atoms with Gasteiger partial charge in [-0.1, -0.05) is 0 Å². The van der Waals surface area contributed by atoms with Gasteiger partial charge in [0.2, 0.25) is 5.91 Å². The van der Waals surface area contributed by atoms with Crippen LogP contribution >= 0.6 is 36.6 Å². The summed E-state index contributed by atoms with van der Waals surface area (Å²) in [6.45, 7) is 0.943. The number of aryl methyl sites for hydroxylation is 1. The predicted octanol–water partition coefficient (Wildman–Crippen LogP) is 2.58. The van der Waals surface area contributed by atoms with Crippen molar-refractivity contribution >= 4 is 42.5 Å². The third kappa shape index (κ3) is 6.70. The van der Waals surface area contributed by atoms with Crippen LogP contribution in [0.25, 0.3) is 0 Å². The summed E-state index contributed by atoms with van der Waals surface area (Å²) >= 11 is 1.88. The average molecular weight is 463 g/mol. The number of amides is 1. The minimum Gasteiger partial charge on any atom is -0.497 e. The molecule has 0 saturated carbocycles. The number of hydrogen-bond donors (Lipinski definition) is 2. The van der Waals surface area contributed by atoms with E-state index in [2.05, 4.69) is 15.6 Å². The molecule has 2 heterocycles. The Hall–Kier alpha value is -1.61. The van der Waals surface area contributed by atoms with E-state index in [0.717, 1.165) is 29.4 Å². The molecular formula is C19H28Cl2N4O3S. The summed E-state index contributed by atoms with van der Waals surface area (Å²) in [6, 6.07) is 5.42. The van der Waals surface area contributed by atoms with Crippen LogP contribution in [0.4, 0.5) is 0 Å². The van der Waals surface area contributed by atoms with Crippen LogP contribution in [0.15, 0.2) is 30.6 Å². The predicted molar refractivity (Wildman–Crippen MR) is 121 cm³/mol. The Labute approximate surface area is 188 Å². The Morgan fingerprint density at radius 2 is 2.00 bits per heavy atom. The number of methoxy groups -OCH3 is 2. The van der Waals surface area contributed by atoms with Crippen LogP contribution in [0.2, 0.25) is 0 Å². The highest BCUT2D eigenvalue weighted by Gasteiger charge is 2.24. The van der Waals surface area contributed by atoms with Gasteiger partial charge in [0.1, 0.15) is 23.4 Å². The van der Waals surface area contributed by atoms with Crippen LogP contribution in [0.3, 0.4) is 0 Å². The van der Waals surface area contributed by atoms with Gasteiger partial charge in [0.05, 0.1) is 14.2 Å². The molecule has 2 atom stereocenters. The van der Waals surface area contributed by atoms with Gasteiger partial charge < -0.3 is 24.7 Å². The summed E-state index contributed by atoms with van der Waals surface area (Å²) in [7, 11) is 5.14. The van der Waals surface area contributed by atoms with Crippen LogP contribution in [-0.4, -0.2) is 53.8 Å². The first-order chi connectivity index (χ1) is 13.1. The molecule has 3 rings (SSSR count). The largest absolute Gasteiger partial charge is 0.497 e. The second kappa shape index (κ2) is 12.2. The summed E-state index contributed by atoms with van der Waals surface area (Å²) in [5, 5.41) is 6.55. The molecule has 1 fully saturated rings. The van der Waals surface area contributed by atoms with Crippen LogP contribution in [0.1, 0.15) is 23.9 Å². The lowest BCUT2D eigenvalue weighted by Crippen LogP contribution is -2.42. The fraction of sp³-hybridized carbons (Fsp3) is 0.474. The van der Waals surface area contributed by atoms with E-state index in [4.69, 9.17) is 9.47 Å². The zero-order valence-corrected chi connectivity index (χ0v) is 19.2. The normalized spacial score (nSPS) is 16.7. The van der Waals surface area contributed by atoms with E-state index in [-0.39, 0.29) is 36.8 Å². The minimum absolute atomic E-state index is 0. The van der Waals surface area contributed by atoms with E-state index >= 15 is 0 Å². The molecule has 1 aliphatic rings. The van der Waals surface area contributed by atoms with Gasteiger partial charge >= 0.3 is 0 Å². The van der Waals surface area contributed by atoms with E-state index in [1.165, 1.54) is 0 Å². The van der Waals surface area contributed by atoms with Gasteiger partial charge in [0, 0.05) is 56.0 Å². The number of hydrogen-bond acceptors (Lipinski definition) is 6. The number of aromatic nitrogens is 2. The van der Waals surface area contributed by atoms with Crippen molar-refractivity contribution in [3.8, 4) is 11.5 Å². The fourth-order valence-corrected chi connectivity index (χ4v) is 4.09. The maximum Gasteiger partial charge on any atom is 0.222 e. The topological polar surface area (TPSA) is 77.4 Å². The molecule has 0 spiro atoms. The van der Waals surface area contributed by atoms with Gasteiger partial charge in [-0.15, -0.1) is 24.8 Å². The number of halogens is 2. The first-order valence-electron chi connectivity index (χ1n) is 8.91. The van der Waals surface area contributed by atoms with E-state index < -0.39 is 6.04 Å². The minimum atomic E-state index is -0.391. The Bertz CT molecular complexity index is 762. The molecule has 0 radical (unpaired) electrons. The summed E-state index contributed by atoms with van der Waals surface area (Å²) in [6.07, 6.45) is 4.03. The molecule has 1 aromatic heterocycles. The molecule has 1 amide bonds. The number of rotatable bonds is 7. The average Bonchev–Trinajstić information content (AvgIpc) is 3.12. The Morgan fingerprint density at radius 3 is 2.52 bits per heavy atom. The van der Waals surface area contributed by atoms with Crippen molar-refractivity contribution < 1.29 is 14.3 Å². The molecular weight excluding hydrogens is 435 g/mol. The zero-order valence-electron chi connectivity index (χ0n) is 16.7. The SMILES string of the molecule is COc1cc(OC)cc(C(NC(=O)CC2CSCCN2)c2nccn2C)c1.Cl.Cl. The van der Waals surface area contributed by atoms with Crippen LogP contribution in [0, 0.1) is 0 Å². The maximum absolute atomic E-state index is 12.8. The first kappa shape index (κ1) is 25.4. The van der Waals surface area contributed by atoms with Crippen molar-refractivity contribution in [2.45, 2.75) is 18.5 Å². The molecule has 162 valence electrons. The van der Waals surface area contributed by atoms with Gasteiger partial charge in [0.15, 0.2) is 0 Å². The highest BCUT2D eigenvalue weighted by molar-refractivity contribution is 7.99. The number of imidazole rings is 1. The molecule has 7 nitrogen and oxygen atoms in total. The van der Waals surface area contributed by atoms with Gasteiger partial charge in [-0.05, 0) is 17.7 Å². The molecule has 1 aromatic carbocycles. The number of thioether (sulfide) groups is 1. The smallest absolute Gasteiger partial charge is 0.222 e. The van der Waals surface area contributed by atoms with Crippen LogP contribution < -0.4 is 20.1 Å². The molecule has 2 N–H and O–H groups in total. The number of carbonyl (C=O) groups is 1. The van der Waals surface area contributed by atoms with Crippen molar-refractivity contribution in [2.24, 2.45) is 7.05 Å². The third-order valence-corrected chi connectivity index (χ3v) is 5.69. The number of ether oxygens (including phenoxy) is 2. The highest BCUT2D eigenvalue weighted by atomic mass is 35.5. The number of nitrogens with one attached hydrogen (secondary N) is 2. The van der Waals surface area contributed by atoms with E-state index in [1.54, 1.807) is 20.4 Å². The number of nitrogens with zero attached hydrogens (tertiary/aromatic N) is 2. The van der Waals surface area contributed by atoms with Crippen LogP contribution in [0.5, 0.6) is 11.5 Å². The molecule has 2 aromatic rings. The molecule has 0 aliphatic carbocycles. The van der Waals surface area contributed by atoms with Gasteiger partial charge in [-0.2, -0.15) is 11.8 Å². The summed E-state index contributed by atoms with van der Waals surface area (Å²) < 4.78 is 12.7. The molecule has 1 saturated heterocycles. The maximum atomic E-state index is 12.8. The van der Waals surface area contributed by atoms with E-state index in [9.17, 15) is 4.79 Å². The summed E-state index contributed by atoms with van der Waals surface area (Å²) in [5.74, 6) is 4.13. The quantitative estimate of drug-likeness (QED) is 0.658. The Balaban J connectivity index is 0.00000210. The number of benzene rings is 1. The first-order valence-corrected chi connectivity index (χ1v) is 10.1. The summed E-state index contributed by atoms with van der Waals surface area (Å²) in [4.78, 5) is 17.2. The molecule has 0 bridgehead atoms. The third-order valence-electron chi connectivity index (χ3n) is 4.56. The Kier molecular flexibility index (Phi) is 10.7. The lowest BCUT2D eigenvalue weighted by molar-refractivity contribution is -0.122. The molecule has 1 aliphatic heterocycles. The lowest BCUT2D eigenvalue weighted by atomic mass is 10.0. The van der Waals surface area contributed by atoms with Crippen molar-refractivity contribution in [1.29, 1.82) is 0 Å². The monoisotopic (exact) mass is 462 g/mol. The van der Waals surface area contributed by atoms with Crippen molar-refractivity contribution in [3.05, 3.63) is 42.0 Å². The van der Waals surface area contributed by atoms with Gasteiger partial charge in [0.25, 0.3) is 0 Å². The molecule has 29 heavy (non-hydrogen) atoms. The summed E-state index contributed by atoms with van der Waals surface area (Å²) in [5.41, 5.74) is 0.861. The van der Waals surface area contributed by atoms with Gasteiger partial charge in [-0.3, -0.25) is 4.79 Å². The van der Waals surface area contributed by atoms with Gasteiger partial charge in [-0.25, -0.2) is 4.98 Å². The highest BCUT2D eigenvalue weighted by Crippen LogP contribution is 2.29. The van der Waals surface area contributed by atoms with E-state index in [1.807, 2.05) is 47.8 Å². The second-order valence-electron chi connectivity index (χ2n) is 6.47. The standard InChI is InChI=1S/C19H26N4O3S.2ClH/c1-23-6-4-21-19(23)18(13-8-15(25-2)11-16(9-13)26-3)22-17(24)10-14-12-27-7-5-20-14;;/h4,6,8-9,11,14,18,20H,5,7,10,12H2,1-3H3,(H,22,24);2*1H. The van der Waals surface area contributed by atoms with Crippen LogP contribution in [-0.2, 0) is 11.8 Å². The lowest BCUT2D eigenvalue weighted by Gasteiger charge is -2.25. The molecule has 2 unspecified atom stereocenters. The fourth-order valence-electron chi connectivity index (χ4n) is 3.14.